The third-order valence-corrected chi connectivity index (χ3v) is 7.67. The summed E-state index contributed by atoms with van der Waals surface area (Å²) < 4.78 is 7.18. The van der Waals surface area contributed by atoms with Gasteiger partial charge < -0.3 is 26.1 Å². The molecule has 2 aromatic heterocycles. The Balaban J connectivity index is 1.23. The van der Waals surface area contributed by atoms with Crippen LogP contribution in [0.4, 0.5) is 5.82 Å². The molecule has 1 fully saturated rings. The van der Waals surface area contributed by atoms with Gasteiger partial charge in [-0.3, -0.25) is 23.9 Å². The molecule has 234 valence electrons. The van der Waals surface area contributed by atoms with Crippen molar-refractivity contribution in [3.8, 4) is 6.01 Å². The molecule has 4 rings (SSSR count). The Morgan fingerprint density at radius 1 is 1.14 bits per heavy atom. The molecule has 0 spiro atoms. The van der Waals surface area contributed by atoms with Crippen LogP contribution in [0.15, 0.2) is 29.1 Å². The molecule has 0 saturated carbocycles. The Hall–Kier alpha value is -4.01. The van der Waals surface area contributed by atoms with Gasteiger partial charge in [-0.25, -0.2) is 10.7 Å². The highest BCUT2D eigenvalue weighted by molar-refractivity contribution is 5.87. The molecule has 14 nitrogen and oxygen atoms in total. The zero-order chi connectivity index (χ0) is 30.8. The first-order chi connectivity index (χ1) is 20.8. The number of aromatic amines is 1. The molecule has 14 heteroatoms. The molecule has 0 aliphatic carbocycles. The maximum atomic E-state index is 12.7. The van der Waals surface area contributed by atoms with Crippen molar-refractivity contribution in [1.29, 1.82) is 0 Å². The maximum absolute atomic E-state index is 12.7. The van der Waals surface area contributed by atoms with Crippen molar-refractivity contribution in [2.75, 3.05) is 38.6 Å². The number of hydrogen-bond donors (Lipinski definition) is 5. The van der Waals surface area contributed by atoms with Gasteiger partial charge in [0.05, 0.1) is 13.2 Å². The molecule has 3 aromatic rings. The van der Waals surface area contributed by atoms with Gasteiger partial charge >= 0.3 is 11.7 Å². The van der Waals surface area contributed by atoms with E-state index in [1.807, 2.05) is 12.1 Å². The minimum atomic E-state index is -0.644. The number of benzene rings is 1. The van der Waals surface area contributed by atoms with Crippen LogP contribution >= 0.6 is 0 Å². The van der Waals surface area contributed by atoms with Crippen molar-refractivity contribution >= 4 is 28.8 Å². The first kappa shape index (κ1) is 31.9. The first-order valence-corrected chi connectivity index (χ1v) is 14.8. The highest BCUT2D eigenvalue weighted by atomic mass is 16.6. The smallest absolute Gasteiger partial charge is 0.328 e. The number of likely N-dealkylation sites (tertiary alicyclic amines) is 1. The molecule has 7 N–H and O–H groups in total. The van der Waals surface area contributed by atoms with Crippen molar-refractivity contribution in [3.05, 3.63) is 45.9 Å². The first-order valence-electron chi connectivity index (χ1n) is 14.8. The Kier molecular flexibility index (Phi) is 11.5. The number of aromatic nitrogens is 4. The van der Waals surface area contributed by atoms with Crippen LogP contribution in [-0.4, -0.2) is 75.1 Å². The second kappa shape index (κ2) is 15.5. The van der Waals surface area contributed by atoms with Crippen LogP contribution in [0.25, 0.3) is 11.2 Å². The normalized spacial score (nSPS) is 15.0. The summed E-state index contributed by atoms with van der Waals surface area (Å²) >= 11 is 0. The van der Waals surface area contributed by atoms with Gasteiger partial charge in [0.1, 0.15) is 18.2 Å². The number of nitrogens with zero attached hydrogens (tertiary/aromatic N) is 4. The summed E-state index contributed by atoms with van der Waals surface area (Å²) in [5.41, 5.74) is 8.78. The number of hydrogen-bond acceptors (Lipinski definition) is 10. The predicted molar refractivity (Wildman–Crippen MR) is 162 cm³/mol. The van der Waals surface area contributed by atoms with Crippen LogP contribution in [0.1, 0.15) is 57.1 Å². The maximum Gasteiger partial charge on any atom is 0.328 e. The van der Waals surface area contributed by atoms with E-state index in [-0.39, 0.29) is 30.0 Å². The molecule has 2 amide bonds. The van der Waals surface area contributed by atoms with Crippen LogP contribution in [-0.2, 0) is 27.5 Å². The third-order valence-electron chi connectivity index (χ3n) is 7.67. The number of piperidine rings is 1. The topological polar surface area (TPSA) is 196 Å². The van der Waals surface area contributed by atoms with Gasteiger partial charge in [-0.15, -0.1) is 0 Å². The molecule has 0 bridgehead atoms. The molecule has 0 radical (unpaired) electrons. The van der Waals surface area contributed by atoms with Gasteiger partial charge in [-0.2, -0.15) is 9.97 Å². The molecular weight excluding hydrogens is 554 g/mol. The summed E-state index contributed by atoms with van der Waals surface area (Å²) in [6.07, 6.45) is 4.89. The number of carbonyl (C=O) groups is 2. The Morgan fingerprint density at radius 3 is 2.51 bits per heavy atom. The number of ether oxygens (including phenoxy) is 1. The zero-order valence-electron chi connectivity index (χ0n) is 24.9. The number of nitrogens with one attached hydrogen (secondary N) is 3. The molecule has 1 atom stereocenters. The monoisotopic (exact) mass is 597 g/mol. The fraction of sp³-hybridized carbons (Fsp3) is 0.552. The summed E-state index contributed by atoms with van der Waals surface area (Å²) in [6, 6.07) is 7.79. The molecule has 0 unspecified atom stereocenters. The number of rotatable bonds is 15. The second-order valence-corrected chi connectivity index (χ2v) is 11.0. The fourth-order valence-electron chi connectivity index (χ4n) is 5.15. The summed E-state index contributed by atoms with van der Waals surface area (Å²) in [4.78, 5) is 54.5. The number of unbranched alkanes of at least 4 members (excludes halogenated alkanes) is 1. The van der Waals surface area contributed by atoms with Gasteiger partial charge in [-0.1, -0.05) is 37.6 Å². The van der Waals surface area contributed by atoms with Gasteiger partial charge in [0.15, 0.2) is 11.5 Å². The van der Waals surface area contributed by atoms with Crippen molar-refractivity contribution < 1.29 is 19.2 Å². The van der Waals surface area contributed by atoms with Crippen LogP contribution in [0.2, 0.25) is 0 Å². The van der Waals surface area contributed by atoms with Gasteiger partial charge in [0, 0.05) is 13.1 Å². The van der Waals surface area contributed by atoms with Crippen LogP contribution in [0.3, 0.4) is 0 Å². The lowest BCUT2D eigenvalue weighted by molar-refractivity contribution is -0.131. The van der Waals surface area contributed by atoms with Crippen LogP contribution in [0, 0.1) is 5.92 Å². The Labute approximate surface area is 250 Å². The van der Waals surface area contributed by atoms with Gasteiger partial charge in [-0.05, 0) is 62.7 Å². The van der Waals surface area contributed by atoms with Gasteiger partial charge in [0.25, 0.3) is 0 Å². The molecule has 1 aromatic carbocycles. The van der Waals surface area contributed by atoms with Crippen molar-refractivity contribution in [3.63, 3.8) is 0 Å². The number of carbonyl (C=O) groups excluding carboxylic acids is 2. The lowest BCUT2D eigenvalue weighted by atomic mass is 9.93. The number of H-pyrrole nitrogens is 1. The van der Waals surface area contributed by atoms with Crippen molar-refractivity contribution in [1.82, 2.24) is 35.1 Å². The minimum absolute atomic E-state index is 0.171. The van der Waals surface area contributed by atoms with E-state index in [0.29, 0.717) is 36.8 Å². The van der Waals surface area contributed by atoms with Crippen LogP contribution < -0.4 is 32.7 Å². The highest BCUT2D eigenvalue weighted by Crippen LogP contribution is 2.22. The standard InChI is InChI=1S/C29H43N9O5/c1-3-4-15-42-28-35-25(30)24-26(36-28)38(29(41)34-24)17-22-7-5-21(6-8-22)16-37-13-10-20(11-14-37)9-12-32-27(40)19(2)33-23(39)18-43-31/h5-8,19-20H,3-4,9-18,31H2,1-2H3,(H,32,40)(H,33,39)(H,34,41)(H2,30,35,36)/t19-/m0/s1. The molecule has 43 heavy (non-hydrogen) atoms. The van der Waals surface area contributed by atoms with E-state index in [2.05, 4.69) is 54.4 Å². The molecular formula is C29H43N9O5. The van der Waals surface area contributed by atoms with E-state index < -0.39 is 11.9 Å². The number of nitrogen functional groups attached to an aromatic ring is 1. The van der Waals surface area contributed by atoms with E-state index >= 15 is 0 Å². The van der Waals surface area contributed by atoms with Crippen LogP contribution in [0.5, 0.6) is 6.01 Å². The minimum Gasteiger partial charge on any atom is -0.463 e. The number of nitrogens with two attached hydrogens (primary N) is 2. The van der Waals surface area contributed by atoms with E-state index in [0.717, 1.165) is 57.3 Å². The van der Waals surface area contributed by atoms with Crippen molar-refractivity contribution in [2.45, 2.75) is 65.1 Å². The second-order valence-electron chi connectivity index (χ2n) is 11.0. The number of imidazole rings is 1. The lowest BCUT2D eigenvalue weighted by Crippen LogP contribution is -2.46. The highest BCUT2D eigenvalue weighted by Gasteiger charge is 2.21. The molecule has 1 saturated heterocycles. The molecule has 1 aliphatic heterocycles. The third kappa shape index (κ3) is 8.99. The molecule has 1 aliphatic rings. The fourth-order valence-corrected chi connectivity index (χ4v) is 5.15. The average molecular weight is 598 g/mol. The summed E-state index contributed by atoms with van der Waals surface area (Å²) in [5.74, 6) is 4.95. The SMILES string of the molecule is CCCCOc1nc(N)c2[nH]c(=O)n(Cc3ccc(CN4CCC(CCNC(=O)[C@H](C)NC(=O)CON)CC4)cc3)c2n1. The largest absolute Gasteiger partial charge is 0.463 e. The predicted octanol–water partition coefficient (Wildman–Crippen LogP) is 1.04. The van der Waals surface area contributed by atoms with E-state index in [1.165, 1.54) is 5.56 Å². The number of anilines is 1. The van der Waals surface area contributed by atoms with E-state index in [1.54, 1.807) is 11.5 Å². The summed E-state index contributed by atoms with van der Waals surface area (Å²) in [7, 11) is 0. The Bertz CT molecular complexity index is 1410. The molecule has 3 heterocycles. The number of amides is 2. The quantitative estimate of drug-likeness (QED) is 0.125. The van der Waals surface area contributed by atoms with Gasteiger partial charge in [0.2, 0.25) is 11.8 Å². The van der Waals surface area contributed by atoms with E-state index in [4.69, 9.17) is 16.4 Å². The summed E-state index contributed by atoms with van der Waals surface area (Å²) in [6.45, 7) is 7.65. The lowest BCUT2D eigenvalue weighted by Gasteiger charge is -2.32. The Morgan fingerprint density at radius 2 is 1.84 bits per heavy atom. The summed E-state index contributed by atoms with van der Waals surface area (Å²) in [5, 5.41) is 5.44. The zero-order valence-corrected chi connectivity index (χ0v) is 24.9. The number of fused-ring (bicyclic) bond motifs is 1. The van der Waals surface area contributed by atoms with E-state index in [9.17, 15) is 14.4 Å². The average Bonchev–Trinajstić information content (AvgIpc) is 3.30. The van der Waals surface area contributed by atoms with Crippen molar-refractivity contribution in [2.24, 2.45) is 11.8 Å².